The zero-order valence-corrected chi connectivity index (χ0v) is 6.35. The lowest BCUT2D eigenvalue weighted by Crippen LogP contribution is -2.42. The molecule has 1 heterocycles. The summed E-state index contributed by atoms with van der Waals surface area (Å²) in [5.74, 6) is -0.211. The van der Waals surface area contributed by atoms with E-state index in [1.54, 1.807) is 0 Å². The van der Waals surface area contributed by atoms with E-state index in [1.165, 1.54) is 0 Å². The molecular weight excluding hydrogens is 130 g/mol. The van der Waals surface area contributed by atoms with Gasteiger partial charge < -0.3 is 10.4 Å². The number of hydrogen-bond acceptors (Lipinski definition) is 2. The number of rotatable bonds is 1. The van der Waals surface area contributed by atoms with Gasteiger partial charge in [0.15, 0.2) is 0 Å². The Morgan fingerprint density at radius 2 is 2.30 bits per heavy atom. The zero-order chi connectivity index (χ0) is 7.78. The summed E-state index contributed by atoms with van der Waals surface area (Å²) in [7, 11) is 0. The Morgan fingerprint density at radius 1 is 1.70 bits per heavy atom. The first kappa shape index (κ1) is 7.54. The van der Waals surface area contributed by atoms with Crippen LogP contribution in [-0.4, -0.2) is 23.2 Å². The third-order valence-corrected chi connectivity index (χ3v) is 2.14. The first-order valence-electron chi connectivity index (χ1n) is 3.58. The standard InChI is InChI=1S/C7H13NO2/c1-5(2)7(10)3-4-8-6(7)9/h5,10H,3-4H2,1-2H3,(H,8,9). The molecule has 3 heteroatoms. The molecule has 1 saturated heterocycles. The van der Waals surface area contributed by atoms with Gasteiger partial charge in [0, 0.05) is 13.0 Å². The minimum absolute atomic E-state index is 0.00926. The molecule has 0 spiro atoms. The number of carbonyl (C=O) groups is 1. The van der Waals surface area contributed by atoms with Crippen LogP contribution in [0.4, 0.5) is 0 Å². The molecule has 1 rings (SSSR count). The molecule has 1 aliphatic heterocycles. The van der Waals surface area contributed by atoms with E-state index in [4.69, 9.17) is 0 Å². The third-order valence-electron chi connectivity index (χ3n) is 2.14. The lowest BCUT2D eigenvalue weighted by atomic mass is 9.89. The van der Waals surface area contributed by atoms with Crippen molar-refractivity contribution >= 4 is 5.91 Å². The molecule has 0 bridgehead atoms. The van der Waals surface area contributed by atoms with Gasteiger partial charge in [0.05, 0.1) is 0 Å². The van der Waals surface area contributed by atoms with Crippen molar-refractivity contribution in [2.45, 2.75) is 25.9 Å². The second-order valence-corrected chi connectivity index (χ2v) is 3.08. The van der Waals surface area contributed by atoms with Crippen LogP contribution in [0.3, 0.4) is 0 Å². The van der Waals surface area contributed by atoms with Gasteiger partial charge >= 0.3 is 0 Å². The van der Waals surface area contributed by atoms with Crippen molar-refractivity contribution < 1.29 is 9.90 Å². The summed E-state index contributed by atoms with van der Waals surface area (Å²) in [5.41, 5.74) is -1.10. The summed E-state index contributed by atoms with van der Waals surface area (Å²) >= 11 is 0. The van der Waals surface area contributed by atoms with Crippen molar-refractivity contribution in [3.05, 3.63) is 0 Å². The van der Waals surface area contributed by atoms with Gasteiger partial charge in [-0.1, -0.05) is 13.8 Å². The highest BCUT2D eigenvalue weighted by Gasteiger charge is 2.42. The fourth-order valence-electron chi connectivity index (χ4n) is 1.18. The Bertz CT molecular complexity index is 156. The molecule has 0 aromatic heterocycles. The number of carbonyl (C=O) groups excluding carboxylic acids is 1. The van der Waals surface area contributed by atoms with Crippen molar-refractivity contribution in [3.63, 3.8) is 0 Å². The highest BCUT2D eigenvalue weighted by molar-refractivity contribution is 5.87. The predicted molar refractivity (Wildman–Crippen MR) is 37.4 cm³/mol. The Labute approximate surface area is 60.4 Å². The average Bonchev–Trinajstić information content (AvgIpc) is 2.15. The molecule has 0 aromatic carbocycles. The van der Waals surface area contributed by atoms with Gasteiger partial charge in [0.1, 0.15) is 5.60 Å². The summed E-state index contributed by atoms with van der Waals surface area (Å²) in [4.78, 5) is 11.0. The first-order chi connectivity index (χ1) is 4.57. The predicted octanol–water partition coefficient (Wildman–Crippen LogP) is -0.107. The smallest absolute Gasteiger partial charge is 0.252 e. The summed E-state index contributed by atoms with van der Waals surface area (Å²) in [6, 6.07) is 0. The molecule has 0 saturated carbocycles. The zero-order valence-electron chi connectivity index (χ0n) is 6.35. The maximum Gasteiger partial charge on any atom is 0.252 e. The van der Waals surface area contributed by atoms with Gasteiger partial charge in [-0.15, -0.1) is 0 Å². The maximum atomic E-state index is 11.0. The molecule has 0 aliphatic carbocycles. The highest BCUT2D eigenvalue weighted by Crippen LogP contribution is 2.24. The van der Waals surface area contributed by atoms with Gasteiger partial charge in [-0.05, 0) is 5.92 Å². The molecule has 1 unspecified atom stereocenters. The van der Waals surface area contributed by atoms with Gasteiger partial charge in [0.25, 0.3) is 5.91 Å². The van der Waals surface area contributed by atoms with E-state index in [-0.39, 0.29) is 11.8 Å². The van der Waals surface area contributed by atoms with E-state index in [0.29, 0.717) is 13.0 Å². The van der Waals surface area contributed by atoms with Crippen LogP contribution in [0.2, 0.25) is 0 Å². The largest absolute Gasteiger partial charge is 0.380 e. The molecule has 1 atom stereocenters. The van der Waals surface area contributed by atoms with E-state index in [9.17, 15) is 9.90 Å². The molecule has 1 amide bonds. The Kier molecular flexibility index (Phi) is 1.68. The van der Waals surface area contributed by atoms with Crippen LogP contribution in [0.15, 0.2) is 0 Å². The summed E-state index contributed by atoms with van der Waals surface area (Å²) in [6.07, 6.45) is 0.545. The number of amides is 1. The van der Waals surface area contributed by atoms with Crippen molar-refractivity contribution in [3.8, 4) is 0 Å². The summed E-state index contributed by atoms with van der Waals surface area (Å²) in [6.45, 7) is 4.31. The van der Waals surface area contributed by atoms with Crippen LogP contribution in [0.25, 0.3) is 0 Å². The van der Waals surface area contributed by atoms with Gasteiger partial charge in [-0.2, -0.15) is 0 Å². The normalized spacial score (nSPS) is 33.0. The van der Waals surface area contributed by atoms with Crippen molar-refractivity contribution in [2.75, 3.05) is 6.54 Å². The number of nitrogens with one attached hydrogen (secondary N) is 1. The SMILES string of the molecule is CC(C)C1(O)CCNC1=O. The van der Waals surface area contributed by atoms with Crippen LogP contribution in [-0.2, 0) is 4.79 Å². The van der Waals surface area contributed by atoms with E-state index >= 15 is 0 Å². The molecule has 3 nitrogen and oxygen atoms in total. The van der Waals surface area contributed by atoms with E-state index in [0.717, 1.165) is 0 Å². The topological polar surface area (TPSA) is 49.3 Å². The molecule has 10 heavy (non-hydrogen) atoms. The third kappa shape index (κ3) is 0.904. The van der Waals surface area contributed by atoms with Crippen LogP contribution in [0.5, 0.6) is 0 Å². The second-order valence-electron chi connectivity index (χ2n) is 3.08. The Hall–Kier alpha value is -0.570. The van der Waals surface area contributed by atoms with Crippen molar-refractivity contribution in [1.29, 1.82) is 0 Å². The first-order valence-corrected chi connectivity index (χ1v) is 3.58. The van der Waals surface area contributed by atoms with Crippen molar-refractivity contribution in [2.24, 2.45) is 5.92 Å². The number of aliphatic hydroxyl groups is 1. The molecule has 2 N–H and O–H groups in total. The molecule has 1 aliphatic rings. The number of hydrogen-bond donors (Lipinski definition) is 2. The van der Waals surface area contributed by atoms with E-state index in [1.807, 2.05) is 13.8 Å². The van der Waals surface area contributed by atoms with E-state index < -0.39 is 5.60 Å². The van der Waals surface area contributed by atoms with Crippen LogP contribution in [0, 0.1) is 5.92 Å². The van der Waals surface area contributed by atoms with Crippen LogP contribution < -0.4 is 5.32 Å². The quantitative estimate of drug-likeness (QED) is 0.538. The summed E-state index contributed by atoms with van der Waals surface area (Å²) < 4.78 is 0. The Balaban J connectivity index is 2.75. The Morgan fingerprint density at radius 3 is 2.50 bits per heavy atom. The summed E-state index contributed by atoms with van der Waals surface area (Å²) in [5, 5.41) is 12.2. The minimum Gasteiger partial charge on any atom is -0.380 e. The van der Waals surface area contributed by atoms with E-state index in [2.05, 4.69) is 5.32 Å². The monoisotopic (exact) mass is 143 g/mol. The molecular formula is C7H13NO2. The fourth-order valence-corrected chi connectivity index (χ4v) is 1.18. The molecule has 1 fully saturated rings. The second kappa shape index (κ2) is 2.23. The fraction of sp³-hybridized carbons (Fsp3) is 0.857. The maximum absolute atomic E-state index is 11.0. The van der Waals surface area contributed by atoms with Gasteiger partial charge in [0.2, 0.25) is 0 Å². The molecule has 58 valence electrons. The average molecular weight is 143 g/mol. The van der Waals surface area contributed by atoms with Gasteiger partial charge in [-0.3, -0.25) is 4.79 Å². The minimum atomic E-state index is -1.10. The lowest BCUT2D eigenvalue weighted by molar-refractivity contribution is -0.139. The van der Waals surface area contributed by atoms with Gasteiger partial charge in [-0.25, -0.2) is 0 Å². The van der Waals surface area contributed by atoms with Crippen LogP contribution >= 0.6 is 0 Å². The van der Waals surface area contributed by atoms with Crippen molar-refractivity contribution in [1.82, 2.24) is 5.32 Å². The molecule has 0 radical (unpaired) electrons. The highest BCUT2D eigenvalue weighted by atomic mass is 16.3. The van der Waals surface area contributed by atoms with Crippen LogP contribution in [0.1, 0.15) is 20.3 Å². The molecule has 0 aromatic rings. The lowest BCUT2D eigenvalue weighted by Gasteiger charge is -2.22.